The van der Waals surface area contributed by atoms with Gasteiger partial charge in [-0.05, 0) is 18.6 Å². The van der Waals surface area contributed by atoms with Crippen LogP contribution in [0.15, 0.2) is 18.2 Å². The van der Waals surface area contributed by atoms with Gasteiger partial charge in [0.25, 0.3) is 0 Å². The molecule has 0 bridgehead atoms. The molecule has 5 nitrogen and oxygen atoms in total. The lowest BCUT2D eigenvalue weighted by Crippen LogP contribution is -2.55. The molecule has 19 heavy (non-hydrogen) atoms. The first kappa shape index (κ1) is 14.1. The molecule has 1 saturated heterocycles. The summed E-state index contributed by atoms with van der Waals surface area (Å²) in [6.45, 7) is 1.89. The molecule has 2 rings (SSSR count). The van der Waals surface area contributed by atoms with Crippen LogP contribution in [-0.2, 0) is 10.0 Å². The summed E-state index contributed by atoms with van der Waals surface area (Å²) >= 11 is 0. The first-order valence-corrected chi connectivity index (χ1v) is 7.44. The average molecular weight is 286 g/mol. The number of ketones is 1. The number of carbonyl (C=O) groups is 1. The summed E-state index contributed by atoms with van der Waals surface area (Å²) in [7, 11) is -3.51. The Bertz CT molecular complexity index is 597. The quantitative estimate of drug-likeness (QED) is 0.759. The number of nitrogens with one attached hydrogen (secondary N) is 2. The Morgan fingerprint density at radius 1 is 1.47 bits per heavy atom. The van der Waals surface area contributed by atoms with E-state index < -0.39 is 33.4 Å². The van der Waals surface area contributed by atoms with Gasteiger partial charge in [-0.25, -0.2) is 17.5 Å². The molecule has 1 fully saturated rings. The van der Waals surface area contributed by atoms with E-state index in [1.165, 1.54) is 6.07 Å². The third kappa shape index (κ3) is 2.99. The van der Waals surface area contributed by atoms with E-state index >= 15 is 0 Å². The first-order valence-electron chi connectivity index (χ1n) is 5.89. The molecule has 1 aliphatic heterocycles. The van der Waals surface area contributed by atoms with Crippen LogP contribution in [-0.4, -0.2) is 39.1 Å². The first-order chi connectivity index (χ1) is 8.92. The molecule has 0 amide bonds. The Hall–Kier alpha value is -1.31. The third-order valence-corrected chi connectivity index (χ3v) is 4.87. The van der Waals surface area contributed by atoms with Gasteiger partial charge in [0.1, 0.15) is 11.1 Å². The van der Waals surface area contributed by atoms with Gasteiger partial charge in [-0.1, -0.05) is 12.1 Å². The summed E-state index contributed by atoms with van der Waals surface area (Å²) < 4.78 is 39.3. The van der Waals surface area contributed by atoms with Crippen LogP contribution in [0.25, 0.3) is 0 Å². The molecule has 0 radical (unpaired) electrons. The molecule has 104 valence electrons. The minimum Gasteiger partial charge on any atom is -0.314 e. The second-order valence-corrected chi connectivity index (χ2v) is 6.55. The van der Waals surface area contributed by atoms with Gasteiger partial charge in [0.15, 0.2) is 5.78 Å². The average Bonchev–Trinajstić information content (AvgIpc) is 2.27. The predicted octanol–water partition coefficient (Wildman–Crippen LogP) is 0.208. The topological polar surface area (TPSA) is 75.3 Å². The van der Waals surface area contributed by atoms with Gasteiger partial charge >= 0.3 is 0 Å². The Kier molecular flexibility index (Phi) is 3.98. The van der Waals surface area contributed by atoms with Crippen LogP contribution >= 0.6 is 0 Å². The molecular weight excluding hydrogens is 271 g/mol. The molecule has 1 aliphatic rings. The van der Waals surface area contributed by atoms with Crippen molar-refractivity contribution in [3.63, 3.8) is 0 Å². The molecule has 0 aromatic heterocycles. The van der Waals surface area contributed by atoms with E-state index in [2.05, 4.69) is 10.0 Å². The molecule has 0 saturated carbocycles. The summed E-state index contributed by atoms with van der Waals surface area (Å²) in [4.78, 5) is 11.8. The number of halogens is 1. The van der Waals surface area contributed by atoms with Gasteiger partial charge in [0, 0.05) is 13.1 Å². The summed E-state index contributed by atoms with van der Waals surface area (Å²) in [6.07, 6.45) is 0. The van der Waals surface area contributed by atoms with E-state index in [1.54, 1.807) is 19.1 Å². The van der Waals surface area contributed by atoms with Crippen molar-refractivity contribution in [3.8, 4) is 0 Å². The van der Waals surface area contributed by atoms with Crippen LogP contribution in [0.5, 0.6) is 0 Å². The number of benzene rings is 1. The molecule has 2 N–H and O–H groups in total. The Morgan fingerprint density at radius 3 is 2.74 bits per heavy atom. The van der Waals surface area contributed by atoms with E-state index in [1.807, 2.05) is 0 Å². The second kappa shape index (κ2) is 5.36. The number of rotatable bonds is 5. The molecule has 0 spiro atoms. The molecule has 7 heteroatoms. The maximum Gasteiger partial charge on any atom is 0.217 e. The molecule has 1 heterocycles. The fourth-order valence-electron chi connectivity index (χ4n) is 1.72. The van der Waals surface area contributed by atoms with Gasteiger partial charge in [-0.15, -0.1) is 0 Å². The van der Waals surface area contributed by atoms with E-state index in [0.29, 0.717) is 18.7 Å². The summed E-state index contributed by atoms with van der Waals surface area (Å²) in [5.74, 6) is -1.17. The van der Waals surface area contributed by atoms with Crippen LogP contribution in [0.4, 0.5) is 4.39 Å². The molecule has 0 aliphatic carbocycles. The second-order valence-electron chi connectivity index (χ2n) is 4.51. The standard InChI is InChI=1S/C12H15FN2O3S/c1-8-3-2-4-10(12(8)13)11(16)7-15-19(17,18)9-5-14-6-9/h2-4,9,14-15H,5-7H2,1H3. The van der Waals surface area contributed by atoms with Crippen molar-refractivity contribution in [1.82, 2.24) is 10.0 Å². The molecule has 1 aromatic rings. The fourth-order valence-corrected chi connectivity index (χ4v) is 2.97. The van der Waals surface area contributed by atoms with E-state index in [-0.39, 0.29) is 5.56 Å². The number of carbonyl (C=O) groups excluding carboxylic acids is 1. The van der Waals surface area contributed by atoms with Gasteiger partial charge in [-0.3, -0.25) is 4.79 Å². The van der Waals surface area contributed by atoms with Gasteiger partial charge in [0.05, 0.1) is 12.1 Å². The Balaban J connectivity index is 2.03. The molecule has 0 atom stereocenters. The minimum absolute atomic E-state index is 0.0885. The van der Waals surface area contributed by atoms with Gasteiger partial charge in [0.2, 0.25) is 10.0 Å². The SMILES string of the molecule is Cc1cccc(C(=O)CNS(=O)(=O)C2CNC2)c1F. The molecular formula is C12H15FN2O3S. The molecule has 0 unspecified atom stereocenters. The smallest absolute Gasteiger partial charge is 0.217 e. The van der Waals surface area contributed by atoms with Crippen molar-refractivity contribution in [1.29, 1.82) is 0 Å². The summed E-state index contributed by atoms with van der Waals surface area (Å²) in [5.41, 5.74) is 0.270. The van der Waals surface area contributed by atoms with Crippen LogP contribution < -0.4 is 10.0 Å². The van der Waals surface area contributed by atoms with Crippen LogP contribution in [0.3, 0.4) is 0 Å². The lowest BCUT2D eigenvalue weighted by molar-refractivity contribution is 0.0993. The summed E-state index contributed by atoms with van der Waals surface area (Å²) in [6, 6.07) is 4.47. The number of aryl methyl sites for hydroxylation is 1. The van der Waals surface area contributed by atoms with Crippen molar-refractivity contribution >= 4 is 15.8 Å². The predicted molar refractivity (Wildman–Crippen MR) is 69.0 cm³/mol. The maximum absolute atomic E-state index is 13.7. The minimum atomic E-state index is -3.51. The third-order valence-electron chi connectivity index (χ3n) is 3.11. The number of sulfonamides is 1. The van der Waals surface area contributed by atoms with Gasteiger partial charge in [-0.2, -0.15) is 0 Å². The largest absolute Gasteiger partial charge is 0.314 e. The lowest BCUT2D eigenvalue weighted by Gasteiger charge is -2.26. The highest BCUT2D eigenvalue weighted by Gasteiger charge is 2.31. The van der Waals surface area contributed by atoms with Crippen molar-refractivity contribution in [3.05, 3.63) is 35.1 Å². The zero-order chi connectivity index (χ0) is 14.0. The normalized spacial score (nSPS) is 16.1. The lowest BCUT2D eigenvalue weighted by atomic mass is 10.1. The van der Waals surface area contributed by atoms with E-state index in [4.69, 9.17) is 0 Å². The van der Waals surface area contributed by atoms with E-state index in [0.717, 1.165) is 0 Å². The van der Waals surface area contributed by atoms with Gasteiger partial charge < -0.3 is 5.32 Å². The monoisotopic (exact) mass is 286 g/mol. The zero-order valence-electron chi connectivity index (χ0n) is 10.4. The van der Waals surface area contributed by atoms with Crippen molar-refractivity contribution < 1.29 is 17.6 Å². The van der Waals surface area contributed by atoms with Crippen LogP contribution in [0.2, 0.25) is 0 Å². The van der Waals surface area contributed by atoms with Crippen molar-refractivity contribution in [2.75, 3.05) is 19.6 Å². The van der Waals surface area contributed by atoms with Crippen LogP contribution in [0.1, 0.15) is 15.9 Å². The highest BCUT2D eigenvalue weighted by atomic mass is 32.2. The Labute approximate surface area is 111 Å². The number of hydrogen-bond donors (Lipinski definition) is 2. The maximum atomic E-state index is 13.7. The van der Waals surface area contributed by atoms with Crippen LogP contribution in [0, 0.1) is 12.7 Å². The van der Waals surface area contributed by atoms with E-state index in [9.17, 15) is 17.6 Å². The molecule has 1 aromatic carbocycles. The van der Waals surface area contributed by atoms with Crippen molar-refractivity contribution in [2.45, 2.75) is 12.2 Å². The van der Waals surface area contributed by atoms with Crippen molar-refractivity contribution in [2.24, 2.45) is 0 Å². The fraction of sp³-hybridized carbons (Fsp3) is 0.417. The Morgan fingerprint density at radius 2 is 2.16 bits per heavy atom. The zero-order valence-corrected chi connectivity index (χ0v) is 11.3. The highest BCUT2D eigenvalue weighted by molar-refractivity contribution is 7.90. The number of hydrogen-bond acceptors (Lipinski definition) is 4. The summed E-state index contributed by atoms with van der Waals surface area (Å²) in [5, 5.41) is 2.33. The number of Topliss-reactive ketones (excluding diaryl/α,β-unsaturated/α-hetero) is 1. The highest BCUT2D eigenvalue weighted by Crippen LogP contribution is 2.12.